The predicted octanol–water partition coefficient (Wildman–Crippen LogP) is 4.27. The smallest absolute Gasteiger partial charge is 0.352 e. The topological polar surface area (TPSA) is 85.3 Å². The molecule has 3 aromatic rings. The summed E-state index contributed by atoms with van der Waals surface area (Å²) in [6, 6.07) is 4.08. The van der Waals surface area contributed by atoms with Crippen molar-refractivity contribution in [3.05, 3.63) is 50.5 Å². The zero-order valence-corrected chi connectivity index (χ0v) is 17.9. The van der Waals surface area contributed by atoms with Gasteiger partial charge >= 0.3 is 5.97 Å². The third-order valence-corrected chi connectivity index (χ3v) is 5.78. The predicted molar refractivity (Wildman–Crippen MR) is 109 cm³/mol. The monoisotopic (exact) mass is 416 g/mol. The molecule has 0 bridgehead atoms. The molecule has 9 heteroatoms. The molecule has 1 amide bonds. The largest absolute Gasteiger partial charge is 0.455 e. The molecular formula is C19H20N4O3S2. The molecule has 28 heavy (non-hydrogen) atoms. The molecule has 0 saturated carbocycles. The van der Waals surface area contributed by atoms with E-state index in [-0.39, 0.29) is 12.5 Å². The lowest BCUT2D eigenvalue weighted by molar-refractivity contribution is -0.115. The van der Waals surface area contributed by atoms with Crippen LogP contribution in [0.15, 0.2) is 17.5 Å². The van der Waals surface area contributed by atoms with Crippen LogP contribution in [-0.4, -0.2) is 26.4 Å². The minimum absolute atomic E-state index is 0.0181. The van der Waals surface area contributed by atoms with E-state index >= 15 is 0 Å². The Kier molecular flexibility index (Phi) is 5.85. The van der Waals surface area contributed by atoms with Crippen molar-refractivity contribution in [1.29, 1.82) is 0 Å². The summed E-state index contributed by atoms with van der Waals surface area (Å²) in [6.07, 6.45) is 0. The first kappa shape index (κ1) is 20.1. The van der Waals surface area contributed by atoms with E-state index in [4.69, 9.17) is 4.74 Å². The van der Waals surface area contributed by atoms with Crippen molar-refractivity contribution in [2.45, 2.75) is 41.2 Å². The third kappa shape index (κ3) is 4.10. The third-order valence-electron chi connectivity index (χ3n) is 4.09. The van der Waals surface area contributed by atoms with Gasteiger partial charge in [0.2, 0.25) is 5.91 Å². The van der Waals surface area contributed by atoms with Gasteiger partial charge in [0.1, 0.15) is 6.61 Å². The number of carbonyl (C=O) groups is 2. The highest BCUT2D eigenvalue weighted by Gasteiger charge is 2.22. The van der Waals surface area contributed by atoms with Gasteiger partial charge in [-0.1, -0.05) is 22.2 Å². The summed E-state index contributed by atoms with van der Waals surface area (Å²) in [4.78, 5) is 31.0. The maximum atomic E-state index is 12.4. The summed E-state index contributed by atoms with van der Waals surface area (Å²) in [5.41, 5.74) is 5.11. The highest BCUT2D eigenvalue weighted by Crippen LogP contribution is 2.34. The minimum Gasteiger partial charge on any atom is -0.455 e. The summed E-state index contributed by atoms with van der Waals surface area (Å²) in [5, 5.41) is 6.14. The molecule has 0 aliphatic heterocycles. The summed E-state index contributed by atoms with van der Waals surface area (Å²) in [5.74, 6) is -0.602. The van der Waals surface area contributed by atoms with Gasteiger partial charge in [-0.05, 0) is 50.4 Å². The number of hydrogen-bond donors (Lipinski definition) is 0. The molecular weight excluding hydrogens is 396 g/mol. The molecule has 0 radical (unpaired) electrons. The van der Waals surface area contributed by atoms with E-state index in [0.29, 0.717) is 21.4 Å². The van der Waals surface area contributed by atoms with E-state index < -0.39 is 5.97 Å². The Balaban J connectivity index is 1.82. The lowest BCUT2D eigenvalue weighted by Gasteiger charge is -2.23. The van der Waals surface area contributed by atoms with E-state index in [9.17, 15) is 9.59 Å². The van der Waals surface area contributed by atoms with E-state index in [1.54, 1.807) is 17.2 Å². The van der Waals surface area contributed by atoms with Crippen molar-refractivity contribution in [2.24, 2.45) is 0 Å². The van der Waals surface area contributed by atoms with Crippen LogP contribution in [0.25, 0.3) is 0 Å². The molecule has 146 valence electrons. The normalized spacial score (nSPS) is 10.8. The first-order chi connectivity index (χ1) is 13.3. The van der Waals surface area contributed by atoms with Gasteiger partial charge in [-0.3, -0.25) is 9.69 Å². The van der Waals surface area contributed by atoms with Crippen molar-refractivity contribution in [3.8, 4) is 0 Å². The second-order valence-electron chi connectivity index (χ2n) is 6.49. The van der Waals surface area contributed by atoms with Gasteiger partial charge in [-0.2, -0.15) is 0 Å². The quantitative estimate of drug-likeness (QED) is 0.578. The molecule has 7 nitrogen and oxygen atoms in total. The van der Waals surface area contributed by atoms with Gasteiger partial charge in [0.25, 0.3) is 0 Å². The number of carbonyl (C=O) groups excluding carboxylic acids is 2. The Morgan fingerprint density at radius 1 is 1.14 bits per heavy atom. The van der Waals surface area contributed by atoms with Gasteiger partial charge in [-0.15, -0.1) is 16.4 Å². The lowest BCUT2D eigenvalue weighted by atomic mass is 10.0. The molecule has 0 atom stereocenters. The molecule has 1 aromatic carbocycles. The zero-order chi connectivity index (χ0) is 20.4. The molecule has 3 rings (SSSR count). The van der Waals surface area contributed by atoms with Crippen molar-refractivity contribution in [2.75, 3.05) is 4.90 Å². The van der Waals surface area contributed by atoms with Crippen LogP contribution < -0.4 is 4.90 Å². The molecule has 0 aliphatic carbocycles. The highest BCUT2D eigenvalue weighted by molar-refractivity contribution is 7.14. The van der Waals surface area contributed by atoms with Crippen molar-refractivity contribution < 1.29 is 14.3 Å². The first-order valence-corrected chi connectivity index (χ1v) is 10.2. The summed E-state index contributed by atoms with van der Waals surface area (Å²) < 4.78 is 9.04. The number of aromatic nitrogens is 3. The van der Waals surface area contributed by atoms with Crippen LogP contribution in [0.1, 0.15) is 44.7 Å². The van der Waals surface area contributed by atoms with Crippen LogP contribution in [0.5, 0.6) is 0 Å². The van der Waals surface area contributed by atoms with Gasteiger partial charge in [0.15, 0.2) is 10.0 Å². The van der Waals surface area contributed by atoms with Gasteiger partial charge in [0.05, 0.1) is 17.1 Å². The fraction of sp³-hybridized carbons (Fsp3) is 0.316. The number of nitrogens with zero attached hydrogens (tertiary/aromatic N) is 4. The Labute approximate surface area is 171 Å². The minimum atomic E-state index is -0.476. The molecule has 0 spiro atoms. The molecule has 2 heterocycles. The van der Waals surface area contributed by atoms with Crippen molar-refractivity contribution >= 4 is 45.6 Å². The summed E-state index contributed by atoms with van der Waals surface area (Å²) in [7, 11) is 0. The number of ether oxygens (including phenoxy) is 1. The zero-order valence-electron chi connectivity index (χ0n) is 16.3. The Bertz CT molecular complexity index is 1020. The fourth-order valence-corrected chi connectivity index (χ4v) is 4.41. The van der Waals surface area contributed by atoms with Crippen LogP contribution in [0.4, 0.5) is 10.8 Å². The van der Waals surface area contributed by atoms with Crippen LogP contribution in [0.2, 0.25) is 0 Å². The van der Waals surface area contributed by atoms with Crippen molar-refractivity contribution in [3.63, 3.8) is 0 Å². The number of benzene rings is 1. The second kappa shape index (κ2) is 8.15. The molecule has 0 aliphatic rings. The summed E-state index contributed by atoms with van der Waals surface area (Å²) >= 11 is 2.34. The second-order valence-corrected chi connectivity index (χ2v) is 8.08. The standard InChI is InChI=1S/C19H20N4O3S2/c1-10-6-11(2)16(12(3)7-10)23(14(5)24)19-20-15(9-27-19)8-26-18(25)17-13(4)21-22-28-17/h6-7,9H,8H2,1-5H3. The molecule has 2 aromatic heterocycles. The van der Waals surface area contributed by atoms with Crippen LogP contribution in [0, 0.1) is 27.7 Å². The Hall–Kier alpha value is -2.65. The number of rotatable bonds is 5. The van der Waals surface area contributed by atoms with E-state index in [2.05, 4.69) is 14.6 Å². The van der Waals surface area contributed by atoms with Gasteiger partial charge in [-0.25, -0.2) is 9.78 Å². The Morgan fingerprint density at radius 2 is 1.82 bits per heavy atom. The SMILES string of the molecule is CC(=O)N(c1nc(COC(=O)c2snnc2C)cs1)c1c(C)cc(C)cc1C. The van der Waals surface area contributed by atoms with E-state index in [1.165, 1.54) is 18.3 Å². The average Bonchev–Trinajstić information content (AvgIpc) is 3.24. The fourth-order valence-electron chi connectivity index (χ4n) is 3.00. The number of aryl methyl sites for hydroxylation is 4. The number of thiazole rings is 1. The van der Waals surface area contributed by atoms with Gasteiger partial charge in [0, 0.05) is 12.3 Å². The maximum Gasteiger partial charge on any atom is 0.352 e. The molecule has 0 saturated heterocycles. The average molecular weight is 417 g/mol. The highest BCUT2D eigenvalue weighted by atomic mass is 32.1. The maximum absolute atomic E-state index is 12.4. The molecule has 0 unspecified atom stereocenters. The van der Waals surface area contributed by atoms with E-state index in [0.717, 1.165) is 33.9 Å². The van der Waals surface area contributed by atoms with Crippen LogP contribution in [-0.2, 0) is 16.1 Å². The molecule has 0 N–H and O–H groups in total. The van der Waals surface area contributed by atoms with Gasteiger partial charge < -0.3 is 4.74 Å². The molecule has 0 fully saturated rings. The lowest BCUT2D eigenvalue weighted by Crippen LogP contribution is -2.24. The van der Waals surface area contributed by atoms with Crippen LogP contribution >= 0.6 is 22.9 Å². The van der Waals surface area contributed by atoms with E-state index in [1.807, 2.05) is 32.9 Å². The first-order valence-electron chi connectivity index (χ1n) is 8.57. The number of amides is 1. The van der Waals surface area contributed by atoms with Crippen molar-refractivity contribution in [1.82, 2.24) is 14.6 Å². The number of anilines is 2. The number of esters is 1. The van der Waals surface area contributed by atoms with Crippen LogP contribution in [0.3, 0.4) is 0 Å². The summed E-state index contributed by atoms with van der Waals surface area (Å²) in [6.45, 7) is 9.22. The Morgan fingerprint density at radius 3 is 2.39 bits per heavy atom. The number of hydrogen-bond acceptors (Lipinski definition) is 8.